The quantitative estimate of drug-likeness (QED) is 0.456. The molecule has 0 N–H and O–H groups in total. The third-order valence-electron chi connectivity index (χ3n) is 6.15. The third kappa shape index (κ3) is 4.91. The van der Waals surface area contributed by atoms with Gasteiger partial charge in [0, 0.05) is 19.0 Å². The summed E-state index contributed by atoms with van der Waals surface area (Å²) in [5.74, 6) is -3.65. The van der Waals surface area contributed by atoms with Gasteiger partial charge in [-0.05, 0) is 41.8 Å². The van der Waals surface area contributed by atoms with Gasteiger partial charge in [-0.2, -0.15) is 5.10 Å². The summed E-state index contributed by atoms with van der Waals surface area (Å²) in [6, 6.07) is 11.3. The first-order valence-corrected chi connectivity index (χ1v) is 11.8. The van der Waals surface area contributed by atoms with Crippen molar-refractivity contribution in [3.63, 3.8) is 0 Å². The van der Waals surface area contributed by atoms with E-state index < -0.39 is 52.6 Å². The van der Waals surface area contributed by atoms with Crippen molar-refractivity contribution >= 4 is 11.9 Å². The Morgan fingerprint density at radius 3 is 2.22 bits per heavy atom. The second-order valence-corrected chi connectivity index (χ2v) is 9.11. The molecule has 1 atom stereocenters. The molecule has 0 radical (unpaired) electrons. The molecule has 0 fully saturated rings. The van der Waals surface area contributed by atoms with Crippen molar-refractivity contribution in [3.8, 4) is 5.75 Å². The number of carbonyl (C=O) groups excluding carboxylic acids is 2. The molecule has 0 unspecified atom stereocenters. The molecule has 3 aromatic rings. The van der Waals surface area contributed by atoms with Crippen molar-refractivity contribution in [2.24, 2.45) is 5.92 Å². The van der Waals surface area contributed by atoms with Crippen LogP contribution in [0.15, 0.2) is 59.5 Å². The molecule has 2 aromatic carbocycles. The fourth-order valence-corrected chi connectivity index (χ4v) is 4.50. The maximum Gasteiger partial charge on any atom is 0.313 e. The van der Waals surface area contributed by atoms with Crippen molar-refractivity contribution in [1.29, 1.82) is 0 Å². The van der Waals surface area contributed by atoms with Crippen LogP contribution in [0.3, 0.4) is 0 Å². The zero-order valence-corrected chi connectivity index (χ0v) is 20.3. The highest BCUT2D eigenvalue weighted by Crippen LogP contribution is 2.40. The predicted octanol–water partition coefficient (Wildman–Crippen LogP) is 4.32. The van der Waals surface area contributed by atoms with Crippen molar-refractivity contribution in [2.75, 3.05) is 13.1 Å². The molecule has 4 rings (SSSR count). The lowest BCUT2D eigenvalue weighted by molar-refractivity contribution is -0.137. The van der Waals surface area contributed by atoms with Crippen molar-refractivity contribution < 1.29 is 23.1 Å². The van der Waals surface area contributed by atoms with E-state index >= 15 is 0 Å². The van der Waals surface area contributed by atoms with Gasteiger partial charge in [-0.25, -0.2) is 8.78 Å². The Morgan fingerprint density at radius 2 is 1.69 bits per heavy atom. The van der Waals surface area contributed by atoms with Crippen molar-refractivity contribution in [3.05, 3.63) is 93.4 Å². The van der Waals surface area contributed by atoms with E-state index in [1.807, 2.05) is 6.92 Å². The molecule has 0 saturated carbocycles. The Labute approximate surface area is 207 Å². The second kappa shape index (κ2) is 10.4. The molecule has 2 heterocycles. The molecule has 1 aromatic heterocycles. The molecule has 0 bridgehead atoms. The average Bonchev–Trinajstić information content (AvgIpc) is 2.83. The SMILES string of the molecule is CCCN1C[C@H](C(c2cccc(F)c2)c2cccc(F)c2)n2ncc(=O)c(OC(=O)C(C)C)c2C1=O. The van der Waals surface area contributed by atoms with E-state index in [-0.39, 0.29) is 12.2 Å². The summed E-state index contributed by atoms with van der Waals surface area (Å²) in [6.07, 6.45) is 1.63. The van der Waals surface area contributed by atoms with E-state index in [0.717, 1.165) is 6.20 Å². The van der Waals surface area contributed by atoms with E-state index in [4.69, 9.17) is 4.74 Å². The molecule has 7 nitrogen and oxygen atoms in total. The van der Waals surface area contributed by atoms with Crippen LogP contribution in [0.2, 0.25) is 0 Å². The van der Waals surface area contributed by atoms with Gasteiger partial charge in [-0.15, -0.1) is 0 Å². The topological polar surface area (TPSA) is 81.5 Å². The summed E-state index contributed by atoms with van der Waals surface area (Å²) in [4.78, 5) is 40.2. The van der Waals surface area contributed by atoms with Crippen LogP contribution >= 0.6 is 0 Å². The van der Waals surface area contributed by atoms with E-state index in [2.05, 4.69) is 5.10 Å². The second-order valence-electron chi connectivity index (χ2n) is 9.11. The zero-order valence-electron chi connectivity index (χ0n) is 20.3. The summed E-state index contributed by atoms with van der Waals surface area (Å²) < 4.78 is 35.4. The number of ether oxygens (including phenoxy) is 1. The van der Waals surface area contributed by atoms with Crippen molar-refractivity contribution in [1.82, 2.24) is 14.7 Å². The summed E-state index contributed by atoms with van der Waals surface area (Å²) >= 11 is 0. The van der Waals surface area contributed by atoms with Gasteiger partial charge in [-0.3, -0.25) is 19.1 Å². The normalized spacial score (nSPS) is 15.4. The number of hydrogen-bond acceptors (Lipinski definition) is 5. The van der Waals surface area contributed by atoms with Crippen LogP contribution in [0.25, 0.3) is 0 Å². The molecular weight excluding hydrogens is 468 g/mol. The molecule has 188 valence electrons. The first-order valence-electron chi connectivity index (χ1n) is 11.8. The predicted molar refractivity (Wildman–Crippen MR) is 129 cm³/mol. The number of benzene rings is 2. The van der Waals surface area contributed by atoms with Gasteiger partial charge in [0.05, 0.1) is 18.2 Å². The molecule has 0 saturated heterocycles. The third-order valence-corrected chi connectivity index (χ3v) is 6.15. The summed E-state index contributed by atoms with van der Waals surface area (Å²) in [7, 11) is 0. The van der Waals surface area contributed by atoms with Crippen molar-refractivity contribution in [2.45, 2.75) is 39.2 Å². The number of amides is 1. The molecule has 0 aliphatic carbocycles. The van der Waals surface area contributed by atoms with Gasteiger partial charge in [0.15, 0.2) is 5.69 Å². The van der Waals surface area contributed by atoms with Crippen LogP contribution in [-0.4, -0.2) is 39.6 Å². The Bertz CT molecular complexity index is 1310. The molecule has 36 heavy (non-hydrogen) atoms. The summed E-state index contributed by atoms with van der Waals surface area (Å²) in [5, 5.41) is 4.25. The van der Waals surface area contributed by atoms with Gasteiger partial charge < -0.3 is 9.64 Å². The van der Waals surface area contributed by atoms with Gasteiger partial charge in [-0.1, -0.05) is 45.0 Å². The highest BCUT2D eigenvalue weighted by atomic mass is 19.1. The molecule has 9 heteroatoms. The first-order chi connectivity index (χ1) is 17.2. The Kier molecular flexibility index (Phi) is 7.28. The Hall–Kier alpha value is -3.88. The van der Waals surface area contributed by atoms with Crippen LogP contribution in [0, 0.1) is 17.6 Å². The minimum atomic E-state index is -0.700. The van der Waals surface area contributed by atoms with Gasteiger partial charge in [0.25, 0.3) is 5.91 Å². The zero-order chi connectivity index (χ0) is 26.0. The first kappa shape index (κ1) is 25.2. The minimum Gasteiger partial charge on any atom is -0.420 e. The summed E-state index contributed by atoms with van der Waals surface area (Å²) in [5.41, 5.74) is 0.236. The number of halogens is 2. The largest absolute Gasteiger partial charge is 0.420 e. The lowest BCUT2D eigenvalue weighted by Gasteiger charge is -2.39. The van der Waals surface area contributed by atoms with Crippen LogP contribution in [0.5, 0.6) is 5.75 Å². The minimum absolute atomic E-state index is 0.154. The Morgan fingerprint density at radius 1 is 1.08 bits per heavy atom. The lowest BCUT2D eigenvalue weighted by atomic mass is 9.83. The van der Waals surface area contributed by atoms with Crippen LogP contribution in [0.1, 0.15) is 60.8 Å². The monoisotopic (exact) mass is 495 g/mol. The van der Waals surface area contributed by atoms with Gasteiger partial charge in [0.2, 0.25) is 11.2 Å². The molecule has 1 amide bonds. The van der Waals surface area contributed by atoms with Crippen LogP contribution < -0.4 is 10.2 Å². The number of carbonyl (C=O) groups is 2. The molecule has 0 spiro atoms. The number of aromatic nitrogens is 2. The Balaban J connectivity index is 1.96. The van der Waals surface area contributed by atoms with Gasteiger partial charge in [0.1, 0.15) is 11.6 Å². The summed E-state index contributed by atoms with van der Waals surface area (Å²) in [6.45, 7) is 5.68. The number of esters is 1. The van der Waals surface area contributed by atoms with E-state index in [0.29, 0.717) is 24.1 Å². The molecule has 1 aliphatic rings. The van der Waals surface area contributed by atoms with Crippen LogP contribution in [0.4, 0.5) is 8.78 Å². The highest BCUT2D eigenvalue weighted by Gasteiger charge is 2.40. The van der Waals surface area contributed by atoms with E-state index in [1.54, 1.807) is 43.0 Å². The molecular formula is C27H27F2N3O4. The maximum atomic E-state index is 14.3. The van der Waals surface area contributed by atoms with E-state index in [9.17, 15) is 23.2 Å². The number of rotatable bonds is 7. The maximum absolute atomic E-state index is 14.3. The number of hydrogen-bond donors (Lipinski definition) is 0. The van der Waals surface area contributed by atoms with E-state index in [1.165, 1.54) is 28.9 Å². The fourth-order valence-electron chi connectivity index (χ4n) is 4.50. The number of nitrogens with zero attached hydrogens (tertiary/aromatic N) is 3. The van der Waals surface area contributed by atoms with Crippen LogP contribution in [-0.2, 0) is 4.79 Å². The molecule has 1 aliphatic heterocycles. The standard InChI is InChI=1S/C27H27F2N3O4/c1-4-11-31-15-21(23(17-7-5-9-19(28)12-17)18-8-6-10-20(29)13-18)32-24(26(31)34)25(22(33)14-30-32)36-27(35)16(2)3/h5-10,12-14,16,21,23H,4,11,15H2,1-3H3/t21-/m1/s1. The smallest absolute Gasteiger partial charge is 0.313 e. The fraction of sp³-hybridized carbons (Fsp3) is 0.333. The lowest BCUT2D eigenvalue weighted by Crippen LogP contribution is -2.47. The van der Waals surface area contributed by atoms with Gasteiger partial charge >= 0.3 is 5.97 Å². The number of fused-ring (bicyclic) bond motifs is 1. The average molecular weight is 496 g/mol. The highest BCUT2D eigenvalue weighted by molar-refractivity contribution is 5.96.